The van der Waals surface area contributed by atoms with E-state index in [1.807, 2.05) is 6.92 Å². The Labute approximate surface area is 173 Å². The number of carbonyl (C=O) groups excluding carboxylic acids is 1. The molecule has 5 nitrogen and oxygen atoms in total. The second-order valence-electron chi connectivity index (χ2n) is 6.94. The molecular formula is C22H19ClFN3O2. The van der Waals surface area contributed by atoms with Gasteiger partial charge >= 0.3 is 0 Å². The summed E-state index contributed by atoms with van der Waals surface area (Å²) in [5, 5.41) is 0.344. The van der Waals surface area contributed by atoms with Crippen LogP contribution in [0, 0.1) is 12.7 Å². The van der Waals surface area contributed by atoms with Crippen LogP contribution in [-0.2, 0) is 17.8 Å². The van der Waals surface area contributed by atoms with Crippen LogP contribution in [0.15, 0.2) is 42.7 Å². The van der Waals surface area contributed by atoms with Gasteiger partial charge in [0.05, 0.1) is 5.69 Å². The van der Waals surface area contributed by atoms with Gasteiger partial charge in [0.2, 0.25) is 11.8 Å². The normalized spacial score (nSPS) is 13.4. The summed E-state index contributed by atoms with van der Waals surface area (Å²) in [6, 6.07) is 8.34. The maximum atomic E-state index is 14.9. The smallest absolute Gasteiger partial charge is 0.227 e. The van der Waals surface area contributed by atoms with Gasteiger partial charge in [-0.25, -0.2) is 9.37 Å². The summed E-state index contributed by atoms with van der Waals surface area (Å²) < 4.78 is 20.7. The Bertz CT molecular complexity index is 1100. The number of hydrogen-bond donors (Lipinski definition) is 0. The van der Waals surface area contributed by atoms with Crippen molar-refractivity contribution >= 4 is 23.2 Å². The Balaban J connectivity index is 1.74. The summed E-state index contributed by atoms with van der Waals surface area (Å²) in [5.41, 5.74) is 4.23. The van der Waals surface area contributed by atoms with Crippen LogP contribution in [0.1, 0.15) is 23.1 Å². The molecule has 148 valence electrons. The Kier molecular flexibility index (Phi) is 5.20. The standard InChI is InChI=1S/C22H19ClFN3O2/c1-13-15(12-29-19-5-3-4-18(23)26-19)10-25-11-16(13)21-17(24)8-6-14-7-9-20(28)27(2)22(14)21/h3-6,8,10-11H,7,9,12H2,1-2H3. The van der Waals surface area contributed by atoms with Gasteiger partial charge in [-0.3, -0.25) is 9.78 Å². The molecular weight excluding hydrogens is 393 g/mol. The van der Waals surface area contributed by atoms with Gasteiger partial charge in [0.25, 0.3) is 0 Å². The monoisotopic (exact) mass is 411 g/mol. The first kappa shape index (κ1) is 19.3. The quantitative estimate of drug-likeness (QED) is 0.582. The fourth-order valence-electron chi connectivity index (χ4n) is 3.57. The van der Waals surface area contributed by atoms with E-state index in [1.54, 1.807) is 43.7 Å². The molecule has 4 rings (SSSR count). The fraction of sp³-hybridized carbons (Fsp3) is 0.227. The predicted molar refractivity (Wildman–Crippen MR) is 110 cm³/mol. The molecule has 0 saturated heterocycles. The third-order valence-corrected chi connectivity index (χ3v) is 5.39. The van der Waals surface area contributed by atoms with Gasteiger partial charge in [-0.1, -0.05) is 23.7 Å². The van der Waals surface area contributed by atoms with Crippen molar-refractivity contribution in [3.8, 4) is 17.0 Å². The highest BCUT2D eigenvalue weighted by atomic mass is 35.5. The molecule has 0 spiro atoms. The van der Waals surface area contributed by atoms with Crippen molar-refractivity contribution in [2.45, 2.75) is 26.4 Å². The minimum atomic E-state index is -0.384. The van der Waals surface area contributed by atoms with E-state index in [0.29, 0.717) is 40.7 Å². The number of anilines is 1. The van der Waals surface area contributed by atoms with Gasteiger partial charge in [-0.2, -0.15) is 0 Å². The molecule has 29 heavy (non-hydrogen) atoms. The first-order chi connectivity index (χ1) is 14.0. The van der Waals surface area contributed by atoms with E-state index in [1.165, 1.54) is 11.0 Å². The average Bonchev–Trinajstić information content (AvgIpc) is 2.71. The summed E-state index contributed by atoms with van der Waals surface area (Å²) >= 11 is 5.90. The summed E-state index contributed by atoms with van der Waals surface area (Å²) in [7, 11) is 1.68. The molecule has 2 aromatic heterocycles. The lowest BCUT2D eigenvalue weighted by atomic mass is 9.91. The van der Waals surface area contributed by atoms with E-state index < -0.39 is 0 Å². The van der Waals surface area contributed by atoms with Crippen molar-refractivity contribution in [2.24, 2.45) is 0 Å². The Morgan fingerprint density at radius 1 is 1.21 bits per heavy atom. The summed E-state index contributed by atoms with van der Waals surface area (Å²) in [6.45, 7) is 2.11. The van der Waals surface area contributed by atoms with E-state index in [4.69, 9.17) is 16.3 Å². The number of benzene rings is 1. The maximum absolute atomic E-state index is 14.9. The van der Waals surface area contributed by atoms with Crippen molar-refractivity contribution in [1.82, 2.24) is 9.97 Å². The number of amides is 1. The van der Waals surface area contributed by atoms with Crippen molar-refractivity contribution < 1.29 is 13.9 Å². The second kappa shape index (κ2) is 7.79. The minimum absolute atomic E-state index is 0.0264. The van der Waals surface area contributed by atoms with Crippen molar-refractivity contribution in [3.63, 3.8) is 0 Å². The number of halogens is 2. The Morgan fingerprint density at radius 2 is 2.03 bits per heavy atom. The lowest BCUT2D eigenvalue weighted by molar-refractivity contribution is -0.118. The molecule has 1 aliphatic rings. The number of pyridine rings is 2. The van der Waals surface area contributed by atoms with Gasteiger partial charge in [0.1, 0.15) is 17.6 Å². The zero-order valence-electron chi connectivity index (χ0n) is 16.1. The first-order valence-corrected chi connectivity index (χ1v) is 9.60. The number of aryl methyl sites for hydroxylation is 1. The summed E-state index contributed by atoms with van der Waals surface area (Å²) in [6.07, 6.45) is 4.33. The second-order valence-corrected chi connectivity index (χ2v) is 7.33. The van der Waals surface area contributed by atoms with Crippen LogP contribution in [0.4, 0.5) is 10.1 Å². The number of aromatic nitrogens is 2. The average molecular weight is 412 g/mol. The van der Waals surface area contributed by atoms with Crippen LogP contribution >= 0.6 is 11.6 Å². The van der Waals surface area contributed by atoms with Crippen LogP contribution < -0.4 is 9.64 Å². The number of rotatable bonds is 4. The van der Waals surface area contributed by atoms with E-state index in [2.05, 4.69) is 9.97 Å². The van der Waals surface area contributed by atoms with E-state index in [0.717, 1.165) is 16.7 Å². The highest BCUT2D eigenvalue weighted by Gasteiger charge is 2.27. The number of carbonyl (C=O) groups is 1. The Hall–Kier alpha value is -2.99. The molecule has 1 aliphatic heterocycles. The van der Waals surface area contributed by atoms with E-state index in [-0.39, 0.29) is 18.3 Å². The lowest BCUT2D eigenvalue weighted by Crippen LogP contribution is -2.32. The Morgan fingerprint density at radius 3 is 2.83 bits per heavy atom. The topological polar surface area (TPSA) is 55.3 Å². The van der Waals surface area contributed by atoms with Crippen LogP contribution in [-0.4, -0.2) is 22.9 Å². The van der Waals surface area contributed by atoms with E-state index >= 15 is 0 Å². The van der Waals surface area contributed by atoms with Crippen molar-refractivity contribution in [3.05, 3.63) is 70.4 Å². The third-order valence-electron chi connectivity index (χ3n) is 5.18. The minimum Gasteiger partial charge on any atom is -0.473 e. The first-order valence-electron chi connectivity index (χ1n) is 9.23. The lowest BCUT2D eigenvalue weighted by Gasteiger charge is -2.29. The SMILES string of the molecule is Cc1c(COc2cccc(Cl)n2)cncc1-c1c(F)ccc2c1N(C)C(=O)CC2. The molecule has 3 heterocycles. The molecule has 0 bridgehead atoms. The molecule has 0 saturated carbocycles. The molecule has 0 unspecified atom stereocenters. The van der Waals surface area contributed by atoms with Crippen molar-refractivity contribution in [2.75, 3.05) is 11.9 Å². The molecule has 0 N–H and O–H groups in total. The predicted octanol–water partition coefficient (Wildman–Crippen LogP) is 4.73. The molecule has 0 fully saturated rings. The van der Waals surface area contributed by atoms with Gasteiger partial charge in [0, 0.05) is 48.6 Å². The number of hydrogen-bond acceptors (Lipinski definition) is 4. The van der Waals surface area contributed by atoms with Gasteiger partial charge in [-0.15, -0.1) is 0 Å². The van der Waals surface area contributed by atoms with E-state index in [9.17, 15) is 9.18 Å². The highest BCUT2D eigenvalue weighted by molar-refractivity contribution is 6.29. The van der Waals surface area contributed by atoms with Gasteiger partial charge in [-0.05, 0) is 36.6 Å². The fourth-order valence-corrected chi connectivity index (χ4v) is 3.73. The molecule has 0 aliphatic carbocycles. The molecule has 3 aromatic rings. The van der Waals surface area contributed by atoms with Crippen LogP contribution in [0.3, 0.4) is 0 Å². The zero-order valence-corrected chi connectivity index (χ0v) is 16.8. The van der Waals surface area contributed by atoms with Crippen molar-refractivity contribution in [1.29, 1.82) is 0 Å². The molecule has 1 aromatic carbocycles. The highest BCUT2D eigenvalue weighted by Crippen LogP contribution is 2.40. The number of fused-ring (bicyclic) bond motifs is 1. The third kappa shape index (κ3) is 3.68. The number of nitrogens with zero attached hydrogens (tertiary/aromatic N) is 3. The van der Waals surface area contributed by atoms with Crippen LogP contribution in [0.5, 0.6) is 5.88 Å². The van der Waals surface area contributed by atoms with Crippen LogP contribution in [0.25, 0.3) is 11.1 Å². The van der Waals surface area contributed by atoms with Gasteiger partial charge in [0.15, 0.2) is 0 Å². The molecule has 7 heteroatoms. The van der Waals surface area contributed by atoms with Gasteiger partial charge < -0.3 is 9.64 Å². The summed E-state index contributed by atoms with van der Waals surface area (Å²) in [4.78, 5) is 22.2. The molecule has 0 atom stereocenters. The molecule has 1 amide bonds. The molecule has 0 radical (unpaired) electrons. The summed E-state index contributed by atoms with van der Waals surface area (Å²) in [5.74, 6) is -0.0119. The zero-order chi connectivity index (χ0) is 20.5. The largest absolute Gasteiger partial charge is 0.473 e. The van der Waals surface area contributed by atoms with Crippen LogP contribution in [0.2, 0.25) is 5.15 Å². The number of ether oxygens (including phenoxy) is 1. The maximum Gasteiger partial charge on any atom is 0.227 e.